The summed E-state index contributed by atoms with van der Waals surface area (Å²) in [6, 6.07) is 8.85. The van der Waals surface area contributed by atoms with Gasteiger partial charge in [-0.1, -0.05) is 29.8 Å². The van der Waals surface area contributed by atoms with Crippen LogP contribution in [0.1, 0.15) is 30.6 Å². The first kappa shape index (κ1) is 13.7. The summed E-state index contributed by atoms with van der Waals surface area (Å²) in [7, 11) is 0. The quantitative estimate of drug-likeness (QED) is 0.798. The molecule has 0 aromatic heterocycles. The van der Waals surface area contributed by atoms with E-state index in [0.717, 1.165) is 4.47 Å². The third kappa shape index (κ3) is 4.58. The number of carbonyl (C=O) groups is 1. The molecule has 0 saturated heterocycles. The molecule has 1 rings (SSSR count). The van der Waals surface area contributed by atoms with Gasteiger partial charge in [-0.3, -0.25) is 0 Å². The summed E-state index contributed by atoms with van der Waals surface area (Å²) < 4.78 is 6.02. The van der Waals surface area contributed by atoms with Gasteiger partial charge in [0.25, 0.3) is 0 Å². The Labute approximate surface area is 110 Å². The summed E-state index contributed by atoms with van der Waals surface area (Å²) in [6.07, 6.45) is -0.121. The molecule has 0 amide bonds. The van der Waals surface area contributed by atoms with Gasteiger partial charge in [0.05, 0.1) is 5.56 Å². The van der Waals surface area contributed by atoms with E-state index in [2.05, 4.69) is 15.9 Å². The summed E-state index contributed by atoms with van der Waals surface area (Å²) in [5.41, 5.74) is 0.456. The molecule has 1 aromatic carbocycles. The highest BCUT2D eigenvalue weighted by atomic mass is 79.9. The number of rotatable bonds is 4. The number of hydrogen-bond donors (Lipinski definition) is 0. The van der Waals surface area contributed by atoms with Gasteiger partial charge in [0.2, 0.25) is 0 Å². The van der Waals surface area contributed by atoms with Crippen LogP contribution in [0.3, 0.4) is 0 Å². The Kier molecular flexibility index (Phi) is 5.17. The molecule has 1 atom stereocenters. The highest BCUT2D eigenvalue weighted by Gasteiger charge is 2.16. The highest BCUT2D eigenvalue weighted by Crippen LogP contribution is 2.14. The summed E-state index contributed by atoms with van der Waals surface area (Å²) in [5.74, 6) is -0.137. The number of nitriles is 1. The minimum atomic E-state index is -0.675. The lowest BCUT2D eigenvalue weighted by Crippen LogP contribution is -2.18. The van der Waals surface area contributed by atoms with E-state index in [1.165, 1.54) is 0 Å². The van der Waals surface area contributed by atoms with Gasteiger partial charge in [-0.05, 0) is 30.2 Å². The van der Waals surface area contributed by atoms with E-state index in [1.54, 1.807) is 24.3 Å². The van der Waals surface area contributed by atoms with Crippen LogP contribution in [0.15, 0.2) is 28.7 Å². The van der Waals surface area contributed by atoms with Crippen molar-refractivity contribution in [2.24, 2.45) is 5.92 Å². The number of hydrogen-bond acceptors (Lipinski definition) is 3. The third-order valence-electron chi connectivity index (χ3n) is 2.16. The van der Waals surface area contributed by atoms with Gasteiger partial charge >= 0.3 is 5.97 Å². The molecule has 90 valence electrons. The van der Waals surface area contributed by atoms with Crippen LogP contribution < -0.4 is 0 Å². The molecule has 1 aromatic rings. The molecule has 0 radical (unpaired) electrons. The van der Waals surface area contributed by atoms with Crippen molar-refractivity contribution in [3.8, 4) is 6.07 Å². The van der Waals surface area contributed by atoms with Crippen LogP contribution in [0.4, 0.5) is 0 Å². The Hall–Kier alpha value is -1.34. The maximum Gasteiger partial charge on any atom is 0.339 e. The van der Waals surface area contributed by atoms with Crippen molar-refractivity contribution in [1.29, 1.82) is 5.26 Å². The molecule has 0 bridgehead atoms. The zero-order chi connectivity index (χ0) is 12.8. The fourth-order valence-corrected chi connectivity index (χ4v) is 1.60. The molecule has 0 aliphatic rings. The van der Waals surface area contributed by atoms with E-state index < -0.39 is 12.1 Å². The number of nitrogens with zero attached hydrogens (tertiary/aromatic N) is 1. The van der Waals surface area contributed by atoms with Gasteiger partial charge in [0, 0.05) is 10.9 Å². The van der Waals surface area contributed by atoms with Crippen LogP contribution in [0.2, 0.25) is 0 Å². The van der Waals surface area contributed by atoms with Crippen molar-refractivity contribution < 1.29 is 9.53 Å². The van der Waals surface area contributed by atoms with Crippen LogP contribution >= 0.6 is 15.9 Å². The number of esters is 1. The topological polar surface area (TPSA) is 50.1 Å². The predicted molar refractivity (Wildman–Crippen MR) is 68.4 cm³/mol. The normalized spacial score (nSPS) is 11.9. The lowest BCUT2D eigenvalue weighted by Gasteiger charge is -2.12. The van der Waals surface area contributed by atoms with Crippen LogP contribution in [0.25, 0.3) is 0 Å². The van der Waals surface area contributed by atoms with Crippen molar-refractivity contribution >= 4 is 21.9 Å². The number of benzene rings is 1. The second-order valence-electron chi connectivity index (χ2n) is 4.16. The minimum absolute atomic E-state index is 0.317. The molecule has 0 spiro atoms. The molecule has 0 fully saturated rings. The van der Waals surface area contributed by atoms with Crippen LogP contribution in [-0.2, 0) is 4.74 Å². The van der Waals surface area contributed by atoms with Crippen LogP contribution in [0, 0.1) is 17.2 Å². The van der Waals surface area contributed by atoms with E-state index in [-0.39, 0.29) is 0 Å². The molecule has 0 saturated carbocycles. The second kappa shape index (κ2) is 6.41. The fraction of sp³-hybridized carbons (Fsp3) is 0.385. The van der Waals surface area contributed by atoms with Crippen molar-refractivity contribution in [1.82, 2.24) is 0 Å². The van der Waals surface area contributed by atoms with E-state index >= 15 is 0 Å². The standard InChI is InChI=1S/C13H14BrNO2/c1-9(2)7-12(8-15)17-13(16)10-3-5-11(14)6-4-10/h3-6,9,12H,7H2,1-2H3. The van der Waals surface area contributed by atoms with Gasteiger partial charge in [-0.2, -0.15) is 5.26 Å². The zero-order valence-electron chi connectivity index (χ0n) is 9.81. The first-order valence-corrected chi connectivity index (χ1v) is 6.18. The Morgan fingerprint density at radius 2 is 2.00 bits per heavy atom. The van der Waals surface area contributed by atoms with Gasteiger partial charge in [0.15, 0.2) is 6.10 Å². The Bertz CT molecular complexity index is 420. The molecule has 0 aliphatic heterocycles. The number of carbonyl (C=O) groups excluding carboxylic acids is 1. The first-order chi connectivity index (χ1) is 8.02. The van der Waals surface area contributed by atoms with E-state index in [4.69, 9.17) is 10.00 Å². The van der Waals surface area contributed by atoms with Crippen molar-refractivity contribution in [2.45, 2.75) is 26.4 Å². The molecular formula is C13H14BrNO2. The van der Waals surface area contributed by atoms with Gasteiger partial charge < -0.3 is 4.74 Å². The second-order valence-corrected chi connectivity index (χ2v) is 5.08. The largest absolute Gasteiger partial charge is 0.443 e. The Balaban J connectivity index is 2.65. The average molecular weight is 296 g/mol. The predicted octanol–water partition coefficient (Wildman–Crippen LogP) is 3.54. The average Bonchev–Trinajstić information content (AvgIpc) is 2.28. The van der Waals surface area contributed by atoms with Gasteiger partial charge in [-0.15, -0.1) is 0 Å². The Morgan fingerprint density at radius 1 is 1.41 bits per heavy atom. The van der Waals surface area contributed by atoms with Crippen molar-refractivity contribution in [3.63, 3.8) is 0 Å². The first-order valence-electron chi connectivity index (χ1n) is 5.39. The zero-order valence-corrected chi connectivity index (χ0v) is 11.4. The number of ether oxygens (including phenoxy) is 1. The summed E-state index contributed by atoms with van der Waals surface area (Å²) >= 11 is 3.29. The lowest BCUT2D eigenvalue weighted by atomic mass is 10.1. The van der Waals surface area contributed by atoms with E-state index in [1.807, 2.05) is 19.9 Å². The molecule has 0 N–H and O–H groups in total. The van der Waals surface area contributed by atoms with Crippen molar-refractivity contribution in [3.05, 3.63) is 34.3 Å². The number of halogens is 1. The Morgan fingerprint density at radius 3 is 2.47 bits per heavy atom. The molecular weight excluding hydrogens is 282 g/mol. The van der Waals surface area contributed by atoms with Gasteiger partial charge in [-0.25, -0.2) is 4.79 Å². The molecule has 3 nitrogen and oxygen atoms in total. The van der Waals surface area contributed by atoms with Gasteiger partial charge in [0.1, 0.15) is 6.07 Å². The maximum absolute atomic E-state index is 11.7. The monoisotopic (exact) mass is 295 g/mol. The van der Waals surface area contributed by atoms with Crippen molar-refractivity contribution in [2.75, 3.05) is 0 Å². The molecule has 0 heterocycles. The molecule has 17 heavy (non-hydrogen) atoms. The summed E-state index contributed by atoms with van der Waals surface area (Å²) in [6.45, 7) is 3.97. The van der Waals surface area contributed by atoms with E-state index in [9.17, 15) is 4.79 Å². The van der Waals surface area contributed by atoms with E-state index in [0.29, 0.717) is 17.9 Å². The fourth-order valence-electron chi connectivity index (χ4n) is 1.34. The smallest absolute Gasteiger partial charge is 0.339 e. The maximum atomic E-state index is 11.7. The third-order valence-corrected chi connectivity index (χ3v) is 2.69. The lowest BCUT2D eigenvalue weighted by molar-refractivity contribution is 0.0373. The highest BCUT2D eigenvalue weighted by molar-refractivity contribution is 9.10. The SMILES string of the molecule is CC(C)CC(C#N)OC(=O)c1ccc(Br)cc1. The summed E-state index contributed by atoms with van der Waals surface area (Å²) in [5, 5.41) is 8.88. The van der Waals surface area contributed by atoms with Crippen LogP contribution in [0.5, 0.6) is 0 Å². The molecule has 4 heteroatoms. The van der Waals surface area contributed by atoms with Crippen LogP contribution in [-0.4, -0.2) is 12.1 Å². The minimum Gasteiger partial charge on any atom is -0.443 e. The summed E-state index contributed by atoms with van der Waals surface area (Å²) in [4.78, 5) is 11.7. The molecule has 0 aliphatic carbocycles. The molecule has 1 unspecified atom stereocenters.